The highest BCUT2D eigenvalue weighted by Crippen LogP contribution is 2.29. The van der Waals surface area contributed by atoms with Gasteiger partial charge in [-0.3, -0.25) is 4.79 Å². The van der Waals surface area contributed by atoms with Crippen LogP contribution >= 0.6 is 0 Å². The highest BCUT2D eigenvalue weighted by atomic mass is 16.2. The molecular formula is C14H20N2O. The van der Waals surface area contributed by atoms with Crippen molar-refractivity contribution in [1.29, 1.82) is 0 Å². The average molecular weight is 232 g/mol. The molecular weight excluding hydrogens is 212 g/mol. The molecule has 17 heavy (non-hydrogen) atoms. The zero-order valence-corrected chi connectivity index (χ0v) is 11.0. The van der Waals surface area contributed by atoms with Crippen LogP contribution in [0.1, 0.15) is 26.3 Å². The van der Waals surface area contributed by atoms with Gasteiger partial charge in [-0.1, -0.05) is 20.8 Å². The molecule has 0 saturated carbocycles. The lowest BCUT2D eigenvalue weighted by Gasteiger charge is -2.18. The molecule has 0 bridgehead atoms. The molecule has 2 rings (SSSR count). The molecule has 0 aromatic heterocycles. The van der Waals surface area contributed by atoms with Crippen molar-refractivity contribution < 1.29 is 4.79 Å². The van der Waals surface area contributed by atoms with Crippen LogP contribution in [-0.2, 0) is 11.2 Å². The normalized spacial score (nSPS) is 14.7. The number of carbonyl (C=O) groups is 1. The molecule has 0 radical (unpaired) electrons. The minimum absolute atomic E-state index is 0.0591. The molecule has 1 aliphatic rings. The van der Waals surface area contributed by atoms with E-state index in [0.29, 0.717) is 0 Å². The number of likely N-dealkylation sites (N-methyl/N-ethyl adjacent to an activating group) is 1. The first-order chi connectivity index (χ1) is 7.88. The lowest BCUT2D eigenvalue weighted by Crippen LogP contribution is -2.27. The molecule has 0 aliphatic carbocycles. The predicted octanol–water partition coefficient (Wildman–Crippen LogP) is 2.66. The molecule has 0 unspecified atom stereocenters. The largest absolute Gasteiger partial charge is 0.374 e. The monoisotopic (exact) mass is 232 g/mol. The van der Waals surface area contributed by atoms with Crippen molar-refractivity contribution in [2.24, 2.45) is 5.41 Å². The van der Waals surface area contributed by atoms with E-state index in [9.17, 15) is 4.79 Å². The van der Waals surface area contributed by atoms with E-state index in [4.69, 9.17) is 0 Å². The molecule has 0 saturated heterocycles. The third-order valence-corrected chi connectivity index (χ3v) is 3.15. The lowest BCUT2D eigenvalue weighted by molar-refractivity contribution is -0.123. The van der Waals surface area contributed by atoms with E-state index in [1.807, 2.05) is 26.8 Å². The Hall–Kier alpha value is -1.51. The molecule has 1 heterocycles. The van der Waals surface area contributed by atoms with Crippen LogP contribution in [-0.4, -0.2) is 19.5 Å². The highest BCUT2D eigenvalue weighted by molar-refractivity contribution is 5.94. The Bertz CT molecular complexity index is 446. The van der Waals surface area contributed by atoms with Crippen LogP contribution in [0, 0.1) is 5.41 Å². The number of rotatable bonds is 1. The standard InChI is InChI=1S/C14H20N2O/c1-14(2,3)13(17)15-11-5-6-12-10(9-11)7-8-16(12)4/h5-6,9H,7-8H2,1-4H3,(H,15,17). The van der Waals surface area contributed by atoms with Crippen LogP contribution in [0.2, 0.25) is 0 Å². The Morgan fingerprint density at radius 2 is 2.06 bits per heavy atom. The maximum absolute atomic E-state index is 11.9. The maximum Gasteiger partial charge on any atom is 0.229 e. The molecule has 0 fully saturated rings. The molecule has 92 valence electrons. The SMILES string of the molecule is CN1CCc2cc(NC(=O)C(C)(C)C)ccc21. The van der Waals surface area contributed by atoms with Gasteiger partial charge in [-0.2, -0.15) is 0 Å². The summed E-state index contributed by atoms with van der Waals surface area (Å²) in [5.74, 6) is 0.0591. The van der Waals surface area contributed by atoms with E-state index in [1.165, 1.54) is 11.3 Å². The topological polar surface area (TPSA) is 32.3 Å². The van der Waals surface area contributed by atoms with Crippen LogP contribution < -0.4 is 10.2 Å². The number of fused-ring (bicyclic) bond motifs is 1. The first kappa shape index (κ1) is 12.0. The molecule has 3 nitrogen and oxygen atoms in total. The van der Waals surface area contributed by atoms with E-state index < -0.39 is 0 Å². The van der Waals surface area contributed by atoms with Gasteiger partial charge >= 0.3 is 0 Å². The summed E-state index contributed by atoms with van der Waals surface area (Å²) in [7, 11) is 2.10. The Balaban J connectivity index is 2.17. The first-order valence-corrected chi connectivity index (χ1v) is 6.03. The predicted molar refractivity (Wildman–Crippen MR) is 71.5 cm³/mol. The fourth-order valence-corrected chi connectivity index (χ4v) is 1.96. The van der Waals surface area contributed by atoms with Crippen LogP contribution in [0.15, 0.2) is 18.2 Å². The summed E-state index contributed by atoms with van der Waals surface area (Å²) in [6, 6.07) is 6.15. The van der Waals surface area contributed by atoms with Crippen molar-refractivity contribution in [2.45, 2.75) is 27.2 Å². The Morgan fingerprint density at radius 1 is 1.35 bits per heavy atom. The van der Waals surface area contributed by atoms with E-state index in [0.717, 1.165) is 18.7 Å². The number of nitrogens with one attached hydrogen (secondary N) is 1. The smallest absolute Gasteiger partial charge is 0.229 e. The van der Waals surface area contributed by atoms with Gasteiger partial charge in [0.05, 0.1) is 0 Å². The molecule has 1 aliphatic heterocycles. The summed E-state index contributed by atoms with van der Waals surface area (Å²) in [4.78, 5) is 14.1. The number of hydrogen-bond donors (Lipinski definition) is 1. The van der Waals surface area contributed by atoms with Crippen LogP contribution in [0.5, 0.6) is 0 Å². The quantitative estimate of drug-likeness (QED) is 0.807. The van der Waals surface area contributed by atoms with E-state index in [1.54, 1.807) is 0 Å². The van der Waals surface area contributed by atoms with Gasteiger partial charge < -0.3 is 10.2 Å². The molecule has 1 N–H and O–H groups in total. The molecule has 0 atom stereocenters. The minimum Gasteiger partial charge on any atom is -0.374 e. The summed E-state index contributed by atoms with van der Waals surface area (Å²) in [5, 5.41) is 2.97. The van der Waals surface area contributed by atoms with Gasteiger partial charge in [-0.15, -0.1) is 0 Å². The third kappa shape index (κ3) is 2.43. The van der Waals surface area contributed by atoms with E-state index >= 15 is 0 Å². The summed E-state index contributed by atoms with van der Waals surface area (Å²) in [5.41, 5.74) is 3.15. The zero-order chi connectivity index (χ0) is 12.6. The Kier molecular flexibility index (Phi) is 2.86. The fourth-order valence-electron chi connectivity index (χ4n) is 1.96. The van der Waals surface area contributed by atoms with Crippen molar-refractivity contribution >= 4 is 17.3 Å². The number of hydrogen-bond acceptors (Lipinski definition) is 2. The van der Waals surface area contributed by atoms with Crippen molar-refractivity contribution in [1.82, 2.24) is 0 Å². The summed E-state index contributed by atoms with van der Waals surface area (Å²) >= 11 is 0. The summed E-state index contributed by atoms with van der Waals surface area (Å²) in [6.07, 6.45) is 1.06. The minimum atomic E-state index is -0.351. The zero-order valence-electron chi connectivity index (χ0n) is 11.0. The highest BCUT2D eigenvalue weighted by Gasteiger charge is 2.22. The fraction of sp³-hybridized carbons (Fsp3) is 0.500. The van der Waals surface area contributed by atoms with Gasteiger partial charge in [0.2, 0.25) is 5.91 Å². The maximum atomic E-state index is 11.9. The second-order valence-electron chi connectivity index (χ2n) is 5.72. The van der Waals surface area contributed by atoms with E-state index in [2.05, 4.69) is 29.4 Å². The Morgan fingerprint density at radius 3 is 2.71 bits per heavy atom. The van der Waals surface area contributed by atoms with Crippen molar-refractivity contribution in [3.8, 4) is 0 Å². The number of nitrogens with zero attached hydrogens (tertiary/aromatic N) is 1. The van der Waals surface area contributed by atoms with Gasteiger partial charge in [-0.25, -0.2) is 0 Å². The molecule has 1 aromatic rings. The van der Waals surface area contributed by atoms with Gasteiger partial charge in [0.25, 0.3) is 0 Å². The second-order valence-corrected chi connectivity index (χ2v) is 5.72. The van der Waals surface area contributed by atoms with Crippen molar-refractivity contribution in [2.75, 3.05) is 23.8 Å². The molecule has 0 spiro atoms. The number of benzene rings is 1. The first-order valence-electron chi connectivity index (χ1n) is 6.03. The number of carbonyl (C=O) groups excluding carboxylic acids is 1. The number of anilines is 2. The Labute approximate surface area is 103 Å². The summed E-state index contributed by atoms with van der Waals surface area (Å²) < 4.78 is 0. The third-order valence-electron chi connectivity index (χ3n) is 3.15. The summed E-state index contributed by atoms with van der Waals surface area (Å²) in [6.45, 7) is 6.82. The molecule has 1 amide bonds. The van der Waals surface area contributed by atoms with Crippen LogP contribution in [0.25, 0.3) is 0 Å². The van der Waals surface area contributed by atoms with Gasteiger partial charge in [0.1, 0.15) is 0 Å². The second kappa shape index (κ2) is 4.06. The van der Waals surface area contributed by atoms with Crippen LogP contribution in [0.4, 0.5) is 11.4 Å². The van der Waals surface area contributed by atoms with Gasteiger partial charge in [-0.05, 0) is 30.2 Å². The molecule has 3 heteroatoms. The lowest BCUT2D eigenvalue weighted by atomic mass is 9.95. The molecule has 1 aromatic carbocycles. The van der Waals surface area contributed by atoms with Crippen molar-refractivity contribution in [3.63, 3.8) is 0 Å². The van der Waals surface area contributed by atoms with Gasteiger partial charge in [0, 0.05) is 30.4 Å². The van der Waals surface area contributed by atoms with E-state index in [-0.39, 0.29) is 11.3 Å². The van der Waals surface area contributed by atoms with Crippen LogP contribution in [0.3, 0.4) is 0 Å². The van der Waals surface area contributed by atoms with Crippen molar-refractivity contribution in [3.05, 3.63) is 23.8 Å². The number of amides is 1. The average Bonchev–Trinajstić information content (AvgIpc) is 2.59. The van der Waals surface area contributed by atoms with Gasteiger partial charge in [0.15, 0.2) is 0 Å².